The number of anilines is 2. The van der Waals surface area contributed by atoms with Crippen LogP contribution in [-0.4, -0.2) is 37.6 Å². The van der Waals surface area contributed by atoms with Crippen molar-refractivity contribution in [1.82, 2.24) is 19.9 Å². The maximum atomic E-state index is 11.4. The van der Waals surface area contributed by atoms with E-state index in [4.69, 9.17) is 5.73 Å². The van der Waals surface area contributed by atoms with Gasteiger partial charge in [0.05, 0.1) is 28.5 Å². The first-order valence-electron chi connectivity index (χ1n) is 9.96. The average Bonchev–Trinajstić information content (AvgIpc) is 3.27. The third kappa shape index (κ3) is 6.56. The number of aromatic nitrogens is 4. The Morgan fingerprint density at radius 1 is 0.941 bits per heavy atom. The first-order chi connectivity index (χ1) is 16.1. The molecule has 12 heteroatoms. The van der Waals surface area contributed by atoms with Gasteiger partial charge in [-0.05, 0) is 43.3 Å². The van der Waals surface area contributed by atoms with Crippen LogP contribution in [0.15, 0.2) is 58.3 Å². The summed E-state index contributed by atoms with van der Waals surface area (Å²) in [5, 5.41) is 2.58. The maximum absolute atomic E-state index is 11.4. The highest BCUT2D eigenvalue weighted by atomic mass is 16.6. The predicted molar refractivity (Wildman–Crippen MR) is 126 cm³/mol. The molecule has 34 heavy (non-hydrogen) atoms. The molecule has 2 aromatic heterocycles. The number of hydrogen-bond donors (Lipinski definition) is 6. The highest BCUT2D eigenvalue weighted by Gasteiger charge is 2.17. The molecule has 12 nitrogen and oxygen atoms in total. The SMILES string of the molecule is C=C1CC(=O)O1.CC(=O)CC(=O)Nc1ccc2[nH]c(=O)[nH]c2c1.Nc1ccc2[nH]c(=O)[nH]c2c1. The van der Waals surface area contributed by atoms with Gasteiger partial charge < -0.3 is 35.7 Å². The monoisotopic (exact) mass is 466 g/mol. The number of hydrogen-bond acceptors (Lipinski definition) is 7. The van der Waals surface area contributed by atoms with Gasteiger partial charge in [0.2, 0.25) is 5.91 Å². The summed E-state index contributed by atoms with van der Waals surface area (Å²) < 4.78 is 4.31. The number of H-pyrrole nitrogens is 4. The number of nitrogens with one attached hydrogen (secondary N) is 5. The number of rotatable bonds is 3. The van der Waals surface area contributed by atoms with Crippen LogP contribution in [0.3, 0.4) is 0 Å². The highest BCUT2D eigenvalue weighted by molar-refractivity contribution is 6.04. The van der Waals surface area contributed by atoms with E-state index in [1.165, 1.54) is 6.92 Å². The van der Waals surface area contributed by atoms with Gasteiger partial charge in [0.15, 0.2) is 0 Å². The van der Waals surface area contributed by atoms with E-state index < -0.39 is 0 Å². The largest absolute Gasteiger partial charge is 0.431 e. The maximum Gasteiger partial charge on any atom is 0.323 e. The van der Waals surface area contributed by atoms with E-state index >= 15 is 0 Å². The smallest absolute Gasteiger partial charge is 0.323 e. The number of fused-ring (bicyclic) bond motifs is 2. The lowest BCUT2D eigenvalue weighted by Crippen LogP contribution is -2.15. The van der Waals surface area contributed by atoms with Gasteiger partial charge in [-0.3, -0.25) is 14.4 Å². The van der Waals surface area contributed by atoms with Gasteiger partial charge in [-0.15, -0.1) is 0 Å². The Bertz CT molecular complexity index is 1480. The molecular weight excluding hydrogens is 444 g/mol. The zero-order valence-electron chi connectivity index (χ0n) is 18.1. The Hall–Kier alpha value is -4.87. The molecule has 7 N–H and O–H groups in total. The Morgan fingerprint density at radius 3 is 1.97 bits per heavy atom. The number of carbonyl (C=O) groups excluding carboxylic acids is 3. The first-order valence-corrected chi connectivity index (χ1v) is 9.96. The lowest BCUT2D eigenvalue weighted by atomic mass is 10.2. The molecule has 1 aliphatic heterocycles. The van der Waals surface area contributed by atoms with Crippen molar-refractivity contribution in [3.05, 3.63) is 69.7 Å². The molecule has 0 radical (unpaired) electrons. The lowest BCUT2D eigenvalue weighted by Gasteiger charge is -2.12. The number of nitrogens with two attached hydrogens (primary N) is 1. The minimum atomic E-state index is -0.366. The van der Waals surface area contributed by atoms with Gasteiger partial charge in [0.25, 0.3) is 0 Å². The number of carbonyl (C=O) groups is 3. The van der Waals surface area contributed by atoms with Crippen LogP contribution < -0.4 is 22.4 Å². The van der Waals surface area contributed by atoms with Crippen molar-refractivity contribution >= 4 is 51.1 Å². The zero-order valence-corrected chi connectivity index (χ0v) is 18.1. The van der Waals surface area contributed by atoms with E-state index in [9.17, 15) is 24.0 Å². The number of ether oxygens (including phenoxy) is 1. The standard InChI is InChI=1S/C11H11N3O3.C7H7N3O.C4H4O2/c1-6(15)4-10(16)12-7-2-3-8-9(5-7)14-11(17)13-8;8-4-1-2-5-6(3-4)10-7(11)9-5;1-3-2-4(5)6-3/h2-3,5H,4H2,1H3,(H,12,16)(H2,13,14,17);1-3H,8H2,(H2,9,10,11);1-2H2. The Kier molecular flexibility index (Phi) is 7.11. The van der Waals surface area contributed by atoms with E-state index in [1.807, 2.05) is 0 Å². The molecular formula is C22H22N6O6. The molecule has 0 bridgehead atoms. The van der Waals surface area contributed by atoms with Crippen LogP contribution in [0.2, 0.25) is 0 Å². The lowest BCUT2D eigenvalue weighted by molar-refractivity contribution is -0.148. The molecule has 4 aromatic rings. The van der Waals surface area contributed by atoms with Crippen LogP contribution in [0, 0.1) is 0 Å². The molecule has 0 aliphatic carbocycles. The number of cyclic esters (lactones) is 1. The molecule has 1 fully saturated rings. The third-order valence-corrected chi connectivity index (χ3v) is 4.35. The van der Waals surface area contributed by atoms with Gasteiger partial charge in [-0.2, -0.15) is 0 Å². The van der Waals surface area contributed by atoms with Crippen molar-refractivity contribution in [3.63, 3.8) is 0 Å². The number of nitrogen functional groups attached to an aromatic ring is 1. The van der Waals surface area contributed by atoms with Crippen LogP contribution >= 0.6 is 0 Å². The van der Waals surface area contributed by atoms with Gasteiger partial charge in [0.1, 0.15) is 18.0 Å². The van der Waals surface area contributed by atoms with Crippen LogP contribution in [0.4, 0.5) is 11.4 Å². The topological polar surface area (TPSA) is 196 Å². The second-order valence-electron chi connectivity index (χ2n) is 7.34. The highest BCUT2D eigenvalue weighted by Crippen LogP contribution is 2.15. The molecule has 3 heterocycles. The number of esters is 1. The number of amides is 1. The Balaban J connectivity index is 0.000000162. The van der Waals surface area contributed by atoms with Gasteiger partial charge in [-0.1, -0.05) is 6.58 Å². The van der Waals surface area contributed by atoms with E-state index in [-0.39, 0.29) is 35.5 Å². The zero-order chi connectivity index (χ0) is 24.8. The van der Waals surface area contributed by atoms with Gasteiger partial charge in [0, 0.05) is 11.4 Å². The minimum absolute atomic E-state index is 0.151. The molecule has 5 rings (SSSR count). The summed E-state index contributed by atoms with van der Waals surface area (Å²) in [5.41, 5.74) is 8.98. The Morgan fingerprint density at radius 2 is 1.47 bits per heavy atom. The summed E-state index contributed by atoms with van der Waals surface area (Å²) in [5.74, 6) is -0.145. The van der Waals surface area contributed by atoms with E-state index in [0.29, 0.717) is 34.6 Å². The quantitative estimate of drug-likeness (QED) is 0.150. The molecule has 1 saturated heterocycles. The summed E-state index contributed by atoms with van der Waals surface area (Å²) >= 11 is 0. The normalized spacial score (nSPS) is 12.0. The number of ketones is 1. The molecule has 0 unspecified atom stereocenters. The third-order valence-electron chi connectivity index (χ3n) is 4.35. The molecule has 0 atom stereocenters. The molecule has 0 spiro atoms. The van der Waals surface area contributed by atoms with Crippen LogP contribution in [-0.2, 0) is 19.1 Å². The number of imidazole rings is 2. The van der Waals surface area contributed by atoms with E-state index in [0.717, 1.165) is 11.0 Å². The summed E-state index contributed by atoms with van der Waals surface area (Å²) in [7, 11) is 0. The second-order valence-corrected chi connectivity index (χ2v) is 7.34. The summed E-state index contributed by atoms with van der Waals surface area (Å²) in [6, 6.07) is 10.2. The van der Waals surface area contributed by atoms with Gasteiger partial charge >= 0.3 is 17.3 Å². The number of benzene rings is 2. The van der Waals surface area contributed by atoms with Crippen molar-refractivity contribution in [2.75, 3.05) is 11.1 Å². The van der Waals surface area contributed by atoms with Crippen molar-refractivity contribution in [1.29, 1.82) is 0 Å². The molecule has 176 valence electrons. The number of aromatic amines is 4. The molecule has 1 amide bonds. The van der Waals surface area contributed by atoms with E-state index in [2.05, 4.69) is 36.6 Å². The summed E-state index contributed by atoms with van der Waals surface area (Å²) in [4.78, 5) is 64.1. The second kappa shape index (κ2) is 10.2. The Labute approximate surface area is 191 Å². The van der Waals surface area contributed by atoms with Crippen LogP contribution in [0.25, 0.3) is 22.1 Å². The van der Waals surface area contributed by atoms with E-state index in [1.54, 1.807) is 36.4 Å². The summed E-state index contributed by atoms with van der Waals surface area (Å²) in [6.07, 6.45) is 0.266. The van der Waals surface area contributed by atoms with Crippen molar-refractivity contribution < 1.29 is 19.1 Å². The molecule has 2 aromatic carbocycles. The van der Waals surface area contributed by atoms with Crippen LogP contribution in [0.5, 0.6) is 0 Å². The summed E-state index contributed by atoms with van der Waals surface area (Å²) in [6.45, 7) is 4.72. The van der Waals surface area contributed by atoms with Crippen molar-refractivity contribution in [2.24, 2.45) is 0 Å². The predicted octanol–water partition coefficient (Wildman–Crippen LogP) is 1.66. The fraction of sp³-hybridized carbons (Fsp3) is 0.136. The first kappa shape index (κ1) is 23.8. The van der Waals surface area contributed by atoms with Crippen molar-refractivity contribution in [2.45, 2.75) is 19.8 Å². The average molecular weight is 466 g/mol. The van der Waals surface area contributed by atoms with Gasteiger partial charge in [-0.25, -0.2) is 9.59 Å². The number of Topliss-reactive ketones (excluding diaryl/α,β-unsaturated/α-hetero) is 1. The van der Waals surface area contributed by atoms with Crippen molar-refractivity contribution in [3.8, 4) is 0 Å². The fourth-order valence-electron chi connectivity index (χ4n) is 2.91. The molecule has 0 saturated carbocycles. The van der Waals surface area contributed by atoms with Crippen LogP contribution in [0.1, 0.15) is 19.8 Å². The minimum Gasteiger partial charge on any atom is -0.431 e. The molecule has 1 aliphatic rings. The fourth-order valence-corrected chi connectivity index (χ4v) is 2.91.